The van der Waals surface area contributed by atoms with Crippen LogP contribution >= 0.6 is 0 Å². The first-order valence-electron chi connectivity index (χ1n) is 6.61. The van der Waals surface area contributed by atoms with Gasteiger partial charge < -0.3 is 5.73 Å². The molecule has 0 amide bonds. The number of aryl methyl sites for hydroxylation is 1. The van der Waals surface area contributed by atoms with E-state index >= 15 is 0 Å². The van der Waals surface area contributed by atoms with Crippen molar-refractivity contribution in [3.63, 3.8) is 0 Å². The standard InChI is InChI=1S/C15H20FN/c1-10-6-14(16)5-3-12(10)9-15(17)8-11-2-4-13(15)7-11/h3,5-6,11,13H,2,4,7-9,17H2,1H3. The first kappa shape index (κ1) is 11.2. The Bertz CT molecular complexity index is 443. The van der Waals surface area contributed by atoms with Crippen LogP contribution in [0.4, 0.5) is 4.39 Å². The Balaban J connectivity index is 1.83. The summed E-state index contributed by atoms with van der Waals surface area (Å²) in [4.78, 5) is 0. The lowest BCUT2D eigenvalue weighted by Gasteiger charge is -2.34. The van der Waals surface area contributed by atoms with Crippen LogP contribution < -0.4 is 5.73 Å². The van der Waals surface area contributed by atoms with Crippen molar-refractivity contribution in [1.29, 1.82) is 0 Å². The molecule has 0 spiro atoms. The van der Waals surface area contributed by atoms with E-state index in [0.717, 1.165) is 24.3 Å². The normalized spacial score (nSPS) is 35.5. The zero-order valence-corrected chi connectivity index (χ0v) is 10.4. The second-order valence-electron chi connectivity index (χ2n) is 6.06. The van der Waals surface area contributed by atoms with Gasteiger partial charge in [0.15, 0.2) is 0 Å². The van der Waals surface area contributed by atoms with E-state index in [9.17, 15) is 4.39 Å². The van der Waals surface area contributed by atoms with Gasteiger partial charge in [-0.15, -0.1) is 0 Å². The molecule has 2 aliphatic carbocycles. The molecule has 1 aromatic carbocycles. The lowest BCUT2D eigenvalue weighted by Crippen LogP contribution is -2.47. The lowest BCUT2D eigenvalue weighted by molar-refractivity contribution is 0.269. The largest absolute Gasteiger partial charge is 0.325 e. The molecule has 0 saturated heterocycles. The highest BCUT2D eigenvalue weighted by atomic mass is 19.1. The smallest absolute Gasteiger partial charge is 0.123 e. The average molecular weight is 233 g/mol. The van der Waals surface area contributed by atoms with Crippen LogP contribution in [-0.2, 0) is 6.42 Å². The molecule has 2 heteroatoms. The Kier molecular flexibility index (Phi) is 2.51. The summed E-state index contributed by atoms with van der Waals surface area (Å²) in [5.74, 6) is 1.40. The van der Waals surface area contributed by atoms with Crippen molar-refractivity contribution in [3.8, 4) is 0 Å². The SMILES string of the molecule is Cc1cc(F)ccc1CC1(N)CC2CCC1C2. The molecule has 2 saturated carbocycles. The fraction of sp³-hybridized carbons (Fsp3) is 0.600. The molecule has 2 N–H and O–H groups in total. The summed E-state index contributed by atoms with van der Waals surface area (Å²) in [6.45, 7) is 1.98. The Morgan fingerprint density at radius 3 is 2.82 bits per heavy atom. The van der Waals surface area contributed by atoms with Crippen LogP contribution in [0.5, 0.6) is 0 Å². The number of benzene rings is 1. The molecule has 1 aromatic rings. The van der Waals surface area contributed by atoms with Crippen LogP contribution in [-0.4, -0.2) is 5.54 Å². The number of hydrogen-bond acceptors (Lipinski definition) is 1. The van der Waals surface area contributed by atoms with Crippen LogP contribution in [0.15, 0.2) is 18.2 Å². The predicted molar refractivity (Wildman–Crippen MR) is 67.2 cm³/mol. The first-order chi connectivity index (χ1) is 8.07. The summed E-state index contributed by atoms with van der Waals surface area (Å²) < 4.78 is 13.1. The van der Waals surface area contributed by atoms with E-state index in [0.29, 0.717) is 5.92 Å². The second-order valence-corrected chi connectivity index (χ2v) is 6.06. The number of fused-ring (bicyclic) bond motifs is 2. The molecule has 1 nitrogen and oxygen atoms in total. The van der Waals surface area contributed by atoms with E-state index in [1.165, 1.54) is 24.8 Å². The van der Waals surface area contributed by atoms with Gasteiger partial charge in [0.1, 0.15) is 5.82 Å². The van der Waals surface area contributed by atoms with Crippen molar-refractivity contribution < 1.29 is 4.39 Å². The monoisotopic (exact) mass is 233 g/mol. The number of nitrogens with two attached hydrogens (primary N) is 1. The summed E-state index contributed by atoms with van der Waals surface area (Å²) >= 11 is 0. The molecule has 3 unspecified atom stereocenters. The summed E-state index contributed by atoms with van der Waals surface area (Å²) in [5, 5.41) is 0. The number of hydrogen-bond donors (Lipinski definition) is 1. The maximum atomic E-state index is 13.1. The second kappa shape index (κ2) is 3.81. The van der Waals surface area contributed by atoms with Gasteiger partial charge in [-0.05, 0) is 67.7 Å². The maximum absolute atomic E-state index is 13.1. The third-order valence-corrected chi connectivity index (χ3v) is 4.85. The number of halogens is 1. The van der Waals surface area contributed by atoms with E-state index in [2.05, 4.69) is 0 Å². The molecule has 17 heavy (non-hydrogen) atoms. The van der Waals surface area contributed by atoms with Gasteiger partial charge in [0.2, 0.25) is 0 Å². The van der Waals surface area contributed by atoms with Gasteiger partial charge in [0.05, 0.1) is 0 Å². The zero-order chi connectivity index (χ0) is 12.0. The van der Waals surface area contributed by atoms with Crippen LogP contribution in [0.3, 0.4) is 0 Å². The minimum absolute atomic E-state index is 0.0223. The van der Waals surface area contributed by atoms with Gasteiger partial charge in [0.25, 0.3) is 0 Å². The van der Waals surface area contributed by atoms with E-state index in [-0.39, 0.29) is 11.4 Å². The van der Waals surface area contributed by atoms with Crippen LogP contribution in [0.2, 0.25) is 0 Å². The van der Waals surface area contributed by atoms with Crippen molar-refractivity contribution in [2.45, 2.75) is 44.6 Å². The number of rotatable bonds is 2. The fourth-order valence-corrected chi connectivity index (χ4v) is 3.92. The molecule has 0 aliphatic heterocycles. The Morgan fingerprint density at radius 1 is 1.41 bits per heavy atom. The third-order valence-electron chi connectivity index (χ3n) is 4.85. The fourth-order valence-electron chi connectivity index (χ4n) is 3.92. The van der Waals surface area contributed by atoms with Crippen molar-refractivity contribution in [2.75, 3.05) is 0 Å². The molecule has 0 radical (unpaired) electrons. The molecule has 3 atom stereocenters. The molecular weight excluding hydrogens is 213 g/mol. The van der Waals surface area contributed by atoms with Gasteiger partial charge in [-0.1, -0.05) is 12.5 Å². The Labute approximate surface area is 102 Å². The minimum atomic E-state index is -0.148. The van der Waals surface area contributed by atoms with E-state index in [4.69, 9.17) is 5.73 Å². The third kappa shape index (κ3) is 1.89. The van der Waals surface area contributed by atoms with Crippen LogP contribution in [0.1, 0.15) is 36.8 Å². The van der Waals surface area contributed by atoms with Gasteiger partial charge in [-0.25, -0.2) is 4.39 Å². The van der Waals surface area contributed by atoms with E-state index < -0.39 is 0 Å². The van der Waals surface area contributed by atoms with Crippen molar-refractivity contribution in [2.24, 2.45) is 17.6 Å². The molecule has 0 aromatic heterocycles. The minimum Gasteiger partial charge on any atom is -0.325 e. The Morgan fingerprint density at radius 2 is 2.24 bits per heavy atom. The molecule has 92 valence electrons. The van der Waals surface area contributed by atoms with Gasteiger partial charge in [-0.2, -0.15) is 0 Å². The maximum Gasteiger partial charge on any atom is 0.123 e. The average Bonchev–Trinajstić information content (AvgIpc) is 2.82. The molecule has 2 bridgehead atoms. The highest BCUT2D eigenvalue weighted by Gasteiger charge is 2.48. The molecule has 3 rings (SSSR count). The quantitative estimate of drug-likeness (QED) is 0.834. The summed E-state index contributed by atoms with van der Waals surface area (Å²) in [5.41, 5.74) is 8.83. The lowest BCUT2D eigenvalue weighted by atomic mass is 9.77. The highest BCUT2D eigenvalue weighted by molar-refractivity contribution is 5.29. The molecule has 2 fully saturated rings. The van der Waals surface area contributed by atoms with Crippen LogP contribution in [0.25, 0.3) is 0 Å². The van der Waals surface area contributed by atoms with Crippen molar-refractivity contribution in [3.05, 3.63) is 35.1 Å². The van der Waals surface area contributed by atoms with Gasteiger partial charge in [-0.3, -0.25) is 0 Å². The van der Waals surface area contributed by atoms with E-state index in [1.807, 2.05) is 13.0 Å². The van der Waals surface area contributed by atoms with Crippen molar-refractivity contribution >= 4 is 0 Å². The predicted octanol–water partition coefficient (Wildman–Crippen LogP) is 3.19. The first-order valence-corrected chi connectivity index (χ1v) is 6.61. The van der Waals surface area contributed by atoms with Gasteiger partial charge >= 0.3 is 0 Å². The molecular formula is C15H20FN. The summed E-state index contributed by atoms with van der Waals surface area (Å²) in [6.07, 6.45) is 6.05. The van der Waals surface area contributed by atoms with Crippen LogP contribution in [0, 0.1) is 24.6 Å². The van der Waals surface area contributed by atoms with E-state index in [1.54, 1.807) is 12.1 Å². The molecule has 2 aliphatic rings. The summed E-state index contributed by atoms with van der Waals surface area (Å²) in [7, 11) is 0. The van der Waals surface area contributed by atoms with Gasteiger partial charge in [0, 0.05) is 5.54 Å². The molecule has 0 heterocycles. The zero-order valence-electron chi connectivity index (χ0n) is 10.4. The highest BCUT2D eigenvalue weighted by Crippen LogP contribution is 2.50. The summed E-state index contributed by atoms with van der Waals surface area (Å²) in [6, 6.07) is 5.08. The Hall–Kier alpha value is -0.890. The van der Waals surface area contributed by atoms with Crippen molar-refractivity contribution in [1.82, 2.24) is 0 Å². The topological polar surface area (TPSA) is 26.0 Å².